The number of anilines is 2. The third-order valence-corrected chi connectivity index (χ3v) is 4.72. The van der Waals surface area contributed by atoms with Gasteiger partial charge in [0.1, 0.15) is 17.9 Å². The Morgan fingerprint density at radius 2 is 2.04 bits per heavy atom. The molecule has 6 nitrogen and oxygen atoms in total. The van der Waals surface area contributed by atoms with Gasteiger partial charge in [-0.3, -0.25) is 4.21 Å². The zero-order valence-corrected chi connectivity index (χ0v) is 16.1. The highest BCUT2D eigenvalue weighted by molar-refractivity contribution is 7.83. The summed E-state index contributed by atoms with van der Waals surface area (Å²) < 4.78 is 30.1. The predicted octanol–water partition coefficient (Wildman–Crippen LogP) is 3.96. The summed E-state index contributed by atoms with van der Waals surface area (Å²) in [4.78, 5) is 12.6. The van der Waals surface area contributed by atoms with Crippen LogP contribution in [0.1, 0.15) is 5.56 Å². The van der Waals surface area contributed by atoms with Crippen molar-refractivity contribution in [1.29, 1.82) is 0 Å². The van der Waals surface area contributed by atoms with E-state index in [1.165, 1.54) is 25.6 Å². The summed E-state index contributed by atoms with van der Waals surface area (Å²) in [6, 6.07) is 9.41. The summed E-state index contributed by atoms with van der Waals surface area (Å²) in [6.45, 7) is 0. The fourth-order valence-electron chi connectivity index (χ4n) is 2.45. The second kappa shape index (κ2) is 8.41. The van der Waals surface area contributed by atoms with Crippen LogP contribution >= 0.6 is 11.6 Å². The zero-order chi connectivity index (χ0) is 19.4. The van der Waals surface area contributed by atoms with Crippen LogP contribution in [0.3, 0.4) is 0 Å². The molecule has 0 aliphatic rings. The van der Waals surface area contributed by atoms with E-state index in [4.69, 9.17) is 16.3 Å². The molecule has 3 aromatic rings. The summed E-state index contributed by atoms with van der Waals surface area (Å²) in [5.41, 5.74) is 2.00. The van der Waals surface area contributed by atoms with Crippen molar-refractivity contribution in [2.45, 2.75) is 5.75 Å². The Labute approximate surface area is 163 Å². The SMILES string of the molecule is COc1cc(F)ccc1-c1ncnc(Nc2ccc(Cl)c(C[S@@](C)=O)c2)n1. The predicted molar refractivity (Wildman–Crippen MR) is 104 cm³/mol. The van der Waals surface area contributed by atoms with E-state index in [-0.39, 0.29) is 0 Å². The van der Waals surface area contributed by atoms with Gasteiger partial charge in [-0.05, 0) is 35.9 Å². The van der Waals surface area contributed by atoms with Gasteiger partial charge in [0, 0.05) is 39.6 Å². The van der Waals surface area contributed by atoms with Crippen LogP contribution < -0.4 is 10.1 Å². The number of methoxy groups -OCH3 is 1. The molecule has 0 bridgehead atoms. The van der Waals surface area contributed by atoms with E-state index >= 15 is 0 Å². The molecule has 1 heterocycles. The second-order valence-corrected chi connectivity index (χ2v) is 7.47. The quantitative estimate of drug-likeness (QED) is 0.667. The molecule has 0 fully saturated rings. The largest absolute Gasteiger partial charge is 0.496 e. The molecule has 27 heavy (non-hydrogen) atoms. The van der Waals surface area contributed by atoms with Gasteiger partial charge >= 0.3 is 0 Å². The van der Waals surface area contributed by atoms with Crippen LogP contribution in [0.15, 0.2) is 42.7 Å². The number of aromatic nitrogens is 3. The summed E-state index contributed by atoms with van der Waals surface area (Å²) in [7, 11) is 0.436. The van der Waals surface area contributed by atoms with Crippen molar-refractivity contribution in [3.8, 4) is 17.1 Å². The third-order valence-electron chi connectivity index (χ3n) is 3.64. The Balaban J connectivity index is 1.90. The number of hydrogen-bond acceptors (Lipinski definition) is 6. The topological polar surface area (TPSA) is 77.0 Å². The number of nitrogens with zero attached hydrogens (tertiary/aromatic N) is 3. The van der Waals surface area contributed by atoms with E-state index in [9.17, 15) is 8.60 Å². The minimum absolute atomic E-state index is 0.303. The van der Waals surface area contributed by atoms with Gasteiger partial charge in [-0.1, -0.05) is 11.6 Å². The number of benzene rings is 2. The summed E-state index contributed by atoms with van der Waals surface area (Å²) in [6.07, 6.45) is 2.97. The number of rotatable bonds is 6. The lowest BCUT2D eigenvalue weighted by atomic mass is 10.2. The molecule has 0 unspecified atom stereocenters. The molecule has 0 saturated carbocycles. The van der Waals surface area contributed by atoms with Gasteiger partial charge in [0.25, 0.3) is 0 Å². The molecule has 140 valence electrons. The third kappa shape index (κ3) is 4.78. The number of nitrogens with one attached hydrogen (secondary N) is 1. The molecule has 1 N–H and O–H groups in total. The van der Waals surface area contributed by atoms with Crippen LogP contribution in [0.5, 0.6) is 5.75 Å². The lowest BCUT2D eigenvalue weighted by molar-refractivity contribution is 0.412. The Hall–Kier alpha value is -2.58. The monoisotopic (exact) mass is 406 g/mol. The van der Waals surface area contributed by atoms with Crippen molar-refractivity contribution in [2.75, 3.05) is 18.7 Å². The summed E-state index contributed by atoms with van der Waals surface area (Å²) >= 11 is 6.15. The minimum atomic E-state index is -1.01. The number of ether oxygens (including phenoxy) is 1. The zero-order valence-electron chi connectivity index (χ0n) is 14.6. The van der Waals surface area contributed by atoms with E-state index in [0.717, 1.165) is 5.56 Å². The van der Waals surface area contributed by atoms with Crippen molar-refractivity contribution in [3.05, 3.63) is 59.1 Å². The first kappa shape index (κ1) is 19.2. The second-order valence-electron chi connectivity index (χ2n) is 5.63. The Morgan fingerprint density at radius 1 is 1.22 bits per heavy atom. The van der Waals surface area contributed by atoms with Gasteiger partial charge in [-0.2, -0.15) is 4.98 Å². The average molecular weight is 407 g/mol. The summed E-state index contributed by atoms with van der Waals surface area (Å²) in [5.74, 6) is 0.908. The van der Waals surface area contributed by atoms with E-state index in [0.29, 0.717) is 39.5 Å². The molecule has 0 radical (unpaired) electrons. The van der Waals surface area contributed by atoms with E-state index < -0.39 is 16.6 Å². The Morgan fingerprint density at radius 3 is 2.78 bits per heavy atom. The highest BCUT2D eigenvalue weighted by Gasteiger charge is 2.12. The van der Waals surface area contributed by atoms with Crippen molar-refractivity contribution in [2.24, 2.45) is 0 Å². The standard InChI is InChI=1S/C18H16ClFN4O2S/c1-26-16-8-12(20)3-5-14(16)17-21-10-22-18(24-17)23-13-4-6-15(19)11(7-13)9-27(2)25/h3-8,10H,9H2,1-2H3,(H,21,22,23,24)/t27-/m1/s1. The number of hydrogen-bond donors (Lipinski definition) is 1. The molecule has 1 aromatic heterocycles. The van der Waals surface area contributed by atoms with Crippen LogP contribution in [0.25, 0.3) is 11.4 Å². The van der Waals surface area contributed by atoms with Gasteiger partial charge in [0.05, 0.1) is 12.7 Å². The Kier molecular flexibility index (Phi) is 5.98. The van der Waals surface area contributed by atoms with E-state index in [2.05, 4.69) is 20.3 Å². The first-order valence-corrected chi connectivity index (χ1v) is 9.95. The van der Waals surface area contributed by atoms with Gasteiger partial charge in [-0.15, -0.1) is 0 Å². The van der Waals surface area contributed by atoms with Gasteiger partial charge in [0.2, 0.25) is 5.95 Å². The molecule has 9 heteroatoms. The van der Waals surface area contributed by atoms with Gasteiger partial charge in [-0.25, -0.2) is 14.4 Å². The maximum atomic E-state index is 13.4. The maximum absolute atomic E-state index is 13.4. The van der Waals surface area contributed by atoms with Crippen molar-refractivity contribution in [1.82, 2.24) is 15.0 Å². The first-order chi connectivity index (χ1) is 13.0. The first-order valence-electron chi connectivity index (χ1n) is 7.84. The normalized spacial score (nSPS) is 11.9. The van der Waals surface area contributed by atoms with Crippen LogP contribution in [-0.2, 0) is 16.6 Å². The van der Waals surface area contributed by atoms with E-state index in [1.807, 2.05) is 0 Å². The van der Waals surface area contributed by atoms with Crippen LogP contribution in [-0.4, -0.2) is 32.5 Å². The smallest absolute Gasteiger partial charge is 0.230 e. The van der Waals surface area contributed by atoms with Crippen LogP contribution in [0.4, 0.5) is 16.0 Å². The van der Waals surface area contributed by atoms with Crippen molar-refractivity contribution in [3.63, 3.8) is 0 Å². The molecule has 0 aliphatic carbocycles. The van der Waals surface area contributed by atoms with Crippen molar-refractivity contribution < 1.29 is 13.3 Å². The lowest BCUT2D eigenvalue weighted by Crippen LogP contribution is -2.02. The molecule has 0 aliphatic heterocycles. The molecule has 1 atom stereocenters. The van der Waals surface area contributed by atoms with Crippen LogP contribution in [0, 0.1) is 5.82 Å². The molecular formula is C18H16ClFN4O2S. The highest BCUT2D eigenvalue weighted by Crippen LogP contribution is 2.29. The molecular weight excluding hydrogens is 391 g/mol. The lowest BCUT2D eigenvalue weighted by Gasteiger charge is -2.10. The number of halogens is 2. The summed E-state index contributed by atoms with van der Waals surface area (Å²) in [5, 5.41) is 3.61. The average Bonchev–Trinajstić information content (AvgIpc) is 2.64. The molecule has 2 aromatic carbocycles. The van der Waals surface area contributed by atoms with E-state index in [1.54, 1.807) is 30.5 Å². The maximum Gasteiger partial charge on any atom is 0.230 e. The molecule has 3 rings (SSSR count). The highest BCUT2D eigenvalue weighted by atomic mass is 35.5. The molecule has 0 spiro atoms. The fraction of sp³-hybridized carbons (Fsp3) is 0.167. The molecule has 0 amide bonds. The Bertz CT molecular complexity index is 1000. The van der Waals surface area contributed by atoms with Gasteiger partial charge in [0.15, 0.2) is 5.82 Å². The minimum Gasteiger partial charge on any atom is -0.496 e. The molecule has 0 saturated heterocycles. The van der Waals surface area contributed by atoms with Crippen molar-refractivity contribution >= 4 is 34.0 Å². The van der Waals surface area contributed by atoms with Crippen LogP contribution in [0.2, 0.25) is 5.02 Å². The fourth-order valence-corrected chi connectivity index (χ4v) is 3.39. The van der Waals surface area contributed by atoms with Gasteiger partial charge < -0.3 is 10.1 Å².